The largest absolute Gasteiger partial charge is 0.397 e. The Morgan fingerprint density at radius 3 is 1.94 bits per heavy atom. The summed E-state index contributed by atoms with van der Waals surface area (Å²) in [5.74, 6) is 0. The first-order chi connectivity index (χ1) is 7.56. The highest BCUT2D eigenvalue weighted by Crippen LogP contribution is 2.20. The molecule has 0 atom stereocenters. The molecule has 1 aromatic carbocycles. The van der Waals surface area contributed by atoms with Crippen molar-refractivity contribution in [2.45, 2.75) is 41.0 Å². The Labute approximate surface area is 99.1 Å². The molecule has 4 N–H and O–H groups in total. The van der Waals surface area contributed by atoms with Gasteiger partial charge in [0, 0.05) is 0 Å². The normalized spacial score (nSPS) is 7.75. The first kappa shape index (κ1) is 16.7. The Morgan fingerprint density at radius 2 is 1.62 bits per heavy atom. The van der Waals surface area contributed by atoms with Gasteiger partial charge in [0.25, 0.3) is 0 Å². The van der Waals surface area contributed by atoms with Gasteiger partial charge in [0.05, 0.1) is 23.0 Å². The van der Waals surface area contributed by atoms with Crippen LogP contribution in [-0.2, 0) is 0 Å². The van der Waals surface area contributed by atoms with E-state index in [1.54, 1.807) is 12.1 Å². The molecule has 1 aromatic rings. The molecule has 0 bridgehead atoms. The molecule has 0 fully saturated rings. The van der Waals surface area contributed by atoms with Gasteiger partial charge in [0.1, 0.15) is 0 Å². The number of benzene rings is 1. The highest BCUT2D eigenvalue weighted by molar-refractivity contribution is 5.69. The summed E-state index contributed by atoms with van der Waals surface area (Å²) in [4.78, 5) is 0. The second kappa shape index (κ2) is 9.85. The van der Waals surface area contributed by atoms with Gasteiger partial charge < -0.3 is 11.5 Å². The third-order valence-corrected chi connectivity index (χ3v) is 1.55. The molecular weight excluding hydrogens is 198 g/mol. The fourth-order valence-electron chi connectivity index (χ4n) is 0.890. The van der Waals surface area contributed by atoms with Crippen LogP contribution in [0.5, 0.6) is 0 Å². The van der Waals surface area contributed by atoms with Crippen molar-refractivity contribution in [1.82, 2.24) is 0 Å². The summed E-state index contributed by atoms with van der Waals surface area (Å²) < 4.78 is 0. The average Bonchev–Trinajstić information content (AvgIpc) is 2.29. The second-order valence-electron chi connectivity index (χ2n) is 3.11. The van der Waals surface area contributed by atoms with E-state index in [1.165, 1.54) is 6.42 Å². The fraction of sp³-hybridized carbons (Fsp3) is 0.462. The minimum absolute atomic E-state index is 0.474. The molecule has 0 radical (unpaired) electrons. The molecule has 1 rings (SSSR count). The van der Waals surface area contributed by atoms with Gasteiger partial charge in [0.2, 0.25) is 0 Å². The minimum atomic E-state index is 0.474. The van der Waals surface area contributed by atoms with Crippen molar-refractivity contribution < 1.29 is 0 Å². The summed E-state index contributed by atoms with van der Waals surface area (Å²) in [7, 11) is 0. The van der Waals surface area contributed by atoms with Gasteiger partial charge in [-0.2, -0.15) is 5.26 Å². The molecule has 16 heavy (non-hydrogen) atoms. The molecule has 0 saturated heterocycles. The molecular formula is C13H23N3. The van der Waals surface area contributed by atoms with Crippen molar-refractivity contribution in [1.29, 1.82) is 5.26 Å². The smallest absolute Gasteiger partial charge is 0.0992 e. The number of hydrogen-bond acceptors (Lipinski definition) is 3. The highest BCUT2D eigenvalue weighted by atomic mass is 14.7. The van der Waals surface area contributed by atoms with E-state index in [-0.39, 0.29) is 0 Å². The van der Waals surface area contributed by atoms with Crippen molar-refractivity contribution >= 4 is 11.4 Å². The number of nitrogen functional groups attached to an aromatic ring is 2. The molecule has 0 amide bonds. The topological polar surface area (TPSA) is 75.8 Å². The first-order valence-corrected chi connectivity index (χ1v) is 5.62. The molecule has 0 heterocycles. The number of hydrogen-bond donors (Lipinski definition) is 2. The number of rotatable bonds is 0. The van der Waals surface area contributed by atoms with Gasteiger partial charge in [-0.15, -0.1) is 0 Å². The van der Waals surface area contributed by atoms with Crippen LogP contribution in [-0.4, -0.2) is 0 Å². The van der Waals surface area contributed by atoms with Crippen molar-refractivity contribution in [2.24, 2.45) is 0 Å². The van der Waals surface area contributed by atoms with Crippen molar-refractivity contribution in [2.75, 3.05) is 11.5 Å². The number of nitrogens with zero attached hydrogens (tertiary/aromatic N) is 1. The molecule has 0 saturated carbocycles. The van der Waals surface area contributed by atoms with Gasteiger partial charge in [-0.25, -0.2) is 0 Å². The lowest BCUT2D eigenvalue weighted by atomic mass is 10.1. The lowest BCUT2D eigenvalue weighted by molar-refractivity contribution is 1.09. The highest BCUT2D eigenvalue weighted by Gasteiger charge is 2.00. The van der Waals surface area contributed by atoms with Crippen LogP contribution in [0.1, 0.15) is 45.2 Å². The Hall–Kier alpha value is -1.69. The van der Waals surface area contributed by atoms with Gasteiger partial charge in [-0.1, -0.05) is 34.1 Å². The Bertz CT molecular complexity index is 315. The lowest BCUT2D eigenvalue weighted by Crippen LogP contribution is -1.97. The summed E-state index contributed by atoms with van der Waals surface area (Å²) in [5, 5.41) is 8.53. The number of nitriles is 1. The SMILES string of the molecule is CC.CCC.Cc1cc(C#N)cc(N)c1N. The number of aryl methyl sites for hydroxylation is 1. The van der Waals surface area contributed by atoms with Gasteiger partial charge in [0.15, 0.2) is 0 Å². The molecule has 0 aromatic heterocycles. The maximum absolute atomic E-state index is 8.53. The summed E-state index contributed by atoms with van der Waals surface area (Å²) in [5.41, 5.74) is 13.5. The zero-order valence-electron chi connectivity index (χ0n) is 11.0. The van der Waals surface area contributed by atoms with Crippen LogP contribution in [0.2, 0.25) is 0 Å². The van der Waals surface area contributed by atoms with Gasteiger partial charge in [-0.3, -0.25) is 0 Å². The van der Waals surface area contributed by atoms with Gasteiger partial charge >= 0.3 is 0 Å². The summed E-state index contributed by atoms with van der Waals surface area (Å²) in [6.45, 7) is 10.1. The molecule has 0 aliphatic rings. The van der Waals surface area contributed by atoms with E-state index in [4.69, 9.17) is 16.7 Å². The third-order valence-electron chi connectivity index (χ3n) is 1.55. The first-order valence-electron chi connectivity index (χ1n) is 5.62. The second-order valence-corrected chi connectivity index (χ2v) is 3.11. The minimum Gasteiger partial charge on any atom is -0.397 e. The van der Waals surface area contributed by atoms with E-state index in [0.717, 1.165) is 5.56 Å². The third kappa shape index (κ3) is 5.92. The average molecular weight is 221 g/mol. The molecule has 0 aliphatic carbocycles. The van der Waals surface area contributed by atoms with Crippen molar-refractivity contribution in [3.63, 3.8) is 0 Å². The summed E-state index contributed by atoms with van der Waals surface area (Å²) in [6, 6.07) is 5.29. The number of nitrogens with two attached hydrogens (primary N) is 2. The fourth-order valence-corrected chi connectivity index (χ4v) is 0.890. The van der Waals surface area contributed by atoms with Crippen molar-refractivity contribution in [3.8, 4) is 6.07 Å². The van der Waals surface area contributed by atoms with E-state index in [0.29, 0.717) is 16.9 Å². The molecule has 0 aliphatic heterocycles. The summed E-state index contributed by atoms with van der Waals surface area (Å²) >= 11 is 0. The van der Waals surface area contributed by atoms with Crippen LogP contribution >= 0.6 is 0 Å². The van der Waals surface area contributed by atoms with E-state index in [2.05, 4.69) is 13.8 Å². The zero-order chi connectivity index (χ0) is 13.1. The lowest BCUT2D eigenvalue weighted by Gasteiger charge is -2.03. The standard InChI is InChI=1S/C8H9N3.C3H8.C2H6/c1-5-2-6(4-9)3-7(10)8(5)11;1-3-2;1-2/h2-3H,10-11H2,1H3;3H2,1-2H3;1-2H3. The Balaban J connectivity index is 0. The number of anilines is 2. The maximum Gasteiger partial charge on any atom is 0.0992 e. The predicted octanol–water partition coefficient (Wildman–Crippen LogP) is 3.47. The quantitative estimate of drug-likeness (QED) is 0.658. The Morgan fingerprint density at radius 1 is 1.19 bits per heavy atom. The van der Waals surface area contributed by atoms with E-state index in [9.17, 15) is 0 Å². The molecule has 3 heteroatoms. The maximum atomic E-state index is 8.53. The predicted molar refractivity (Wildman–Crippen MR) is 72.0 cm³/mol. The monoisotopic (exact) mass is 221 g/mol. The van der Waals surface area contributed by atoms with E-state index >= 15 is 0 Å². The molecule has 0 spiro atoms. The molecule has 3 nitrogen and oxygen atoms in total. The van der Waals surface area contributed by atoms with Crippen LogP contribution in [0.4, 0.5) is 11.4 Å². The molecule has 90 valence electrons. The van der Waals surface area contributed by atoms with Crippen LogP contribution in [0, 0.1) is 18.3 Å². The van der Waals surface area contributed by atoms with Crippen LogP contribution < -0.4 is 11.5 Å². The van der Waals surface area contributed by atoms with Gasteiger partial charge in [-0.05, 0) is 24.6 Å². The zero-order valence-corrected chi connectivity index (χ0v) is 11.0. The van der Waals surface area contributed by atoms with Crippen molar-refractivity contribution in [3.05, 3.63) is 23.3 Å². The van der Waals surface area contributed by atoms with Crippen LogP contribution in [0.25, 0.3) is 0 Å². The van der Waals surface area contributed by atoms with E-state index in [1.807, 2.05) is 26.8 Å². The van der Waals surface area contributed by atoms with Crippen LogP contribution in [0.15, 0.2) is 12.1 Å². The summed E-state index contributed by atoms with van der Waals surface area (Å²) in [6.07, 6.45) is 1.25. The molecule has 0 unspecified atom stereocenters. The Kier molecular flexibility index (Phi) is 10.3. The van der Waals surface area contributed by atoms with E-state index < -0.39 is 0 Å². The van der Waals surface area contributed by atoms with Crippen LogP contribution in [0.3, 0.4) is 0 Å².